The van der Waals surface area contributed by atoms with Crippen LogP contribution in [0.1, 0.15) is 38.0 Å². The maximum atomic E-state index is 14.3. The molecule has 1 atom stereocenters. The summed E-state index contributed by atoms with van der Waals surface area (Å²) >= 11 is 3.48. The Hall–Kier alpha value is -1.20. The van der Waals surface area contributed by atoms with Gasteiger partial charge in [0.1, 0.15) is 5.82 Å². The minimum atomic E-state index is -0.283. The molecule has 3 rings (SSSR count). The Bertz CT molecular complexity index is 674. The minimum Gasteiger partial charge on any atom is -0.356 e. The second-order valence-corrected chi connectivity index (χ2v) is 5.96. The second kappa shape index (κ2) is 5.30. The van der Waals surface area contributed by atoms with E-state index in [1.165, 1.54) is 6.07 Å². The molecule has 1 aliphatic rings. The molecular weight excluding hydrogens is 323 g/mol. The van der Waals surface area contributed by atoms with Crippen LogP contribution in [0.3, 0.4) is 0 Å². The lowest BCUT2D eigenvalue weighted by atomic mass is 10.1. The van der Waals surface area contributed by atoms with Crippen LogP contribution in [0.15, 0.2) is 23.3 Å². The highest BCUT2D eigenvalue weighted by atomic mass is 79.9. The third kappa shape index (κ3) is 2.19. The quantitative estimate of drug-likeness (QED) is 0.795. The van der Waals surface area contributed by atoms with Gasteiger partial charge < -0.3 is 4.74 Å². The summed E-state index contributed by atoms with van der Waals surface area (Å²) in [5.41, 5.74) is 1.96. The SMILES string of the molecule is C=C(C)c1c(F)cc2c(cnn2C2CCCCO2)c1Br. The summed E-state index contributed by atoms with van der Waals surface area (Å²) in [7, 11) is 0. The second-order valence-electron chi connectivity index (χ2n) is 5.17. The maximum absolute atomic E-state index is 14.3. The lowest BCUT2D eigenvalue weighted by Gasteiger charge is -2.23. The first-order valence-corrected chi connectivity index (χ1v) is 7.51. The summed E-state index contributed by atoms with van der Waals surface area (Å²) in [6.45, 7) is 6.36. The fraction of sp³-hybridized carbons (Fsp3) is 0.400. The number of ether oxygens (including phenoxy) is 1. The molecule has 1 aliphatic heterocycles. The molecule has 1 fully saturated rings. The van der Waals surface area contributed by atoms with Gasteiger partial charge in [0.25, 0.3) is 0 Å². The molecule has 20 heavy (non-hydrogen) atoms. The Balaban J connectivity index is 2.15. The van der Waals surface area contributed by atoms with Crippen molar-refractivity contribution >= 4 is 32.4 Å². The van der Waals surface area contributed by atoms with Gasteiger partial charge in [-0.25, -0.2) is 9.07 Å². The largest absolute Gasteiger partial charge is 0.356 e. The summed E-state index contributed by atoms with van der Waals surface area (Å²) in [6.07, 6.45) is 4.76. The van der Waals surface area contributed by atoms with E-state index in [0.717, 1.165) is 36.8 Å². The zero-order chi connectivity index (χ0) is 14.3. The van der Waals surface area contributed by atoms with Crippen LogP contribution in [-0.2, 0) is 4.74 Å². The third-order valence-electron chi connectivity index (χ3n) is 3.65. The van der Waals surface area contributed by atoms with Crippen LogP contribution in [0.4, 0.5) is 4.39 Å². The summed E-state index contributed by atoms with van der Waals surface area (Å²) in [5.74, 6) is -0.283. The Labute approximate surface area is 125 Å². The molecule has 1 unspecified atom stereocenters. The fourth-order valence-corrected chi connectivity index (χ4v) is 3.49. The molecule has 2 aromatic rings. The van der Waals surface area contributed by atoms with Crippen molar-refractivity contribution in [1.82, 2.24) is 9.78 Å². The minimum absolute atomic E-state index is 0.0942. The maximum Gasteiger partial charge on any atom is 0.150 e. The highest BCUT2D eigenvalue weighted by molar-refractivity contribution is 9.10. The number of nitrogens with zero attached hydrogens (tertiary/aromatic N) is 2. The average molecular weight is 339 g/mol. The van der Waals surface area contributed by atoms with Crippen molar-refractivity contribution in [2.75, 3.05) is 6.61 Å². The molecular formula is C15H16BrFN2O. The molecule has 0 radical (unpaired) electrons. The predicted molar refractivity (Wildman–Crippen MR) is 80.9 cm³/mol. The van der Waals surface area contributed by atoms with Crippen LogP contribution >= 0.6 is 15.9 Å². The highest BCUT2D eigenvalue weighted by Crippen LogP contribution is 2.35. The number of halogens is 2. The van der Waals surface area contributed by atoms with Crippen molar-refractivity contribution in [3.05, 3.63) is 34.7 Å². The van der Waals surface area contributed by atoms with E-state index in [9.17, 15) is 4.39 Å². The van der Waals surface area contributed by atoms with Crippen molar-refractivity contribution < 1.29 is 9.13 Å². The summed E-state index contributed by atoms with van der Waals surface area (Å²) in [5, 5.41) is 5.27. The lowest BCUT2D eigenvalue weighted by Crippen LogP contribution is -2.19. The van der Waals surface area contributed by atoms with E-state index in [1.807, 2.05) is 0 Å². The van der Waals surface area contributed by atoms with Crippen LogP contribution in [0.5, 0.6) is 0 Å². The Morgan fingerprint density at radius 1 is 1.55 bits per heavy atom. The van der Waals surface area contributed by atoms with E-state index in [0.29, 0.717) is 15.6 Å². The molecule has 0 bridgehead atoms. The monoisotopic (exact) mass is 338 g/mol. The van der Waals surface area contributed by atoms with Gasteiger partial charge in [0, 0.05) is 28.1 Å². The molecule has 0 spiro atoms. The van der Waals surface area contributed by atoms with Gasteiger partial charge >= 0.3 is 0 Å². The summed E-state index contributed by atoms with van der Waals surface area (Å²) < 4.78 is 22.5. The van der Waals surface area contributed by atoms with Gasteiger partial charge in [-0.2, -0.15) is 5.10 Å². The van der Waals surface area contributed by atoms with Crippen molar-refractivity contribution in [3.8, 4) is 0 Å². The first kappa shape index (κ1) is 13.8. The summed E-state index contributed by atoms with van der Waals surface area (Å²) in [4.78, 5) is 0. The van der Waals surface area contributed by atoms with Gasteiger partial charge in [-0.05, 0) is 47.7 Å². The van der Waals surface area contributed by atoms with Gasteiger partial charge in [-0.15, -0.1) is 0 Å². The van der Waals surface area contributed by atoms with Crippen LogP contribution in [0.2, 0.25) is 0 Å². The molecule has 3 nitrogen and oxygen atoms in total. The van der Waals surface area contributed by atoms with Crippen LogP contribution in [-0.4, -0.2) is 16.4 Å². The topological polar surface area (TPSA) is 27.1 Å². The Morgan fingerprint density at radius 3 is 3.00 bits per heavy atom. The molecule has 5 heteroatoms. The van der Waals surface area contributed by atoms with Gasteiger partial charge in [-0.1, -0.05) is 6.58 Å². The molecule has 1 saturated heterocycles. The molecule has 0 amide bonds. The Morgan fingerprint density at radius 2 is 2.35 bits per heavy atom. The number of aromatic nitrogens is 2. The van der Waals surface area contributed by atoms with Crippen molar-refractivity contribution in [1.29, 1.82) is 0 Å². The van der Waals surface area contributed by atoms with Crippen LogP contribution in [0, 0.1) is 5.82 Å². The zero-order valence-electron chi connectivity index (χ0n) is 11.3. The number of allylic oxidation sites excluding steroid dienone is 1. The van der Waals surface area contributed by atoms with E-state index in [1.54, 1.807) is 17.8 Å². The van der Waals surface area contributed by atoms with Crippen LogP contribution < -0.4 is 0 Å². The smallest absolute Gasteiger partial charge is 0.150 e. The summed E-state index contributed by atoms with van der Waals surface area (Å²) in [6, 6.07) is 1.52. The van der Waals surface area contributed by atoms with Gasteiger partial charge in [-0.3, -0.25) is 0 Å². The lowest BCUT2D eigenvalue weighted by molar-refractivity contribution is -0.0366. The molecule has 1 aromatic heterocycles. The average Bonchev–Trinajstić information content (AvgIpc) is 2.83. The van der Waals surface area contributed by atoms with E-state index >= 15 is 0 Å². The molecule has 0 N–H and O–H groups in total. The van der Waals surface area contributed by atoms with Crippen molar-refractivity contribution in [3.63, 3.8) is 0 Å². The molecule has 106 valence electrons. The number of fused-ring (bicyclic) bond motifs is 1. The van der Waals surface area contributed by atoms with E-state index in [-0.39, 0.29) is 12.0 Å². The number of rotatable bonds is 2. The number of benzene rings is 1. The molecule has 1 aromatic carbocycles. The van der Waals surface area contributed by atoms with Crippen molar-refractivity contribution in [2.24, 2.45) is 0 Å². The first-order valence-electron chi connectivity index (χ1n) is 6.72. The van der Waals surface area contributed by atoms with Crippen molar-refractivity contribution in [2.45, 2.75) is 32.4 Å². The third-order valence-corrected chi connectivity index (χ3v) is 4.47. The highest BCUT2D eigenvalue weighted by Gasteiger charge is 2.21. The molecule has 0 saturated carbocycles. The first-order chi connectivity index (χ1) is 9.59. The molecule has 0 aliphatic carbocycles. The van der Waals surface area contributed by atoms with Crippen LogP contribution in [0.25, 0.3) is 16.5 Å². The van der Waals surface area contributed by atoms with E-state index in [4.69, 9.17) is 4.74 Å². The van der Waals surface area contributed by atoms with Gasteiger partial charge in [0.15, 0.2) is 6.23 Å². The van der Waals surface area contributed by atoms with Gasteiger partial charge in [0.05, 0.1) is 11.7 Å². The molecule has 2 heterocycles. The normalized spacial score (nSPS) is 19.4. The Kier molecular flexibility index (Phi) is 3.65. The number of hydrogen-bond donors (Lipinski definition) is 0. The fourth-order valence-electron chi connectivity index (χ4n) is 2.65. The predicted octanol–water partition coefficient (Wildman–Crippen LogP) is 4.67. The van der Waals surface area contributed by atoms with E-state index in [2.05, 4.69) is 27.6 Å². The number of hydrogen-bond acceptors (Lipinski definition) is 2. The van der Waals surface area contributed by atoms with E-state index < -0.39 is 0 Å². The standard InChI is InChI=1S/C15H16BrFN2O/c1-9(2)14-11(17)7-12-10(15(14)16)8-18-19(12)13-5-3-4-6-20-13/h7-8,13H,1,3-6H2,2H3. The van der Waals surface area contributed by atoms with Gasteiger partial charge in [0.2, 0.25) is 0 Å². The zero-order valence-corrected chi connectivity index (χ0v) is 12.9.